The monoisotopic (exact) mass is 453 g/mol. The van der Waals surface area contributed by atoms with Gasteiger partial charge in [0, 0.05) is 32.6 Å². The average molecular weight is 454 g/mol. The summed E-state index contributed by atoms with van der Waals surface area (Å²) in [7, 11) is -3.49. The van der Waals surface area contributed by atoms with Crippen LogP contribution in [0.2, 0.25) is 0 Å². The van der Waals surface area contributed by atoms with Crippen LogP contribution in [0.4, 0.5) is 0 Å². The first-order chi connectivity index (χ1) is 15.3. The highest BCUT2D eigenvalue weighted by atomic mass is 32.2. The van der Waals surface area contributed by atoms with Gasteiger partial charge < -0.3 is 16.4 Å². The quantitative estimate of drug-likeness (QED) is 0.332. The molecule has 4 rings (SSSR count). The molecular weight excluding hydrogens is 426 g/mol. The first-order valence-corrected chi connectivity index (χ1v) is 12.2. The Bertz CT molecular complexity index is 1280. The van der Waals surface area contributed by atoms with Gasteiger partial charge in [-0.15, -0.1) is 0 Å². The van der Waals surface area contributed by atoms with Gasteiger partial charge in [0.15, 0.2) is 15.8 Å². The molecule has 168 valence electrons. The van der Waals surface area contributed by atoms with Crippen LogP contribution in [0.1, 0.15) is 6.42 Å². The summed E-state index contributed by atoms with van der Waals surface area (Å²) >= 11 is 0. The Hall–Kier alpha value is -3.17. The lowest BCUT2D eigenvalue weighted by Gasteiger charge is -2.34. The number of piperazine rings is 1. The predicted molar refractivity (Wildman–Crippen MR) is 127 cm³/mol. The van der Waals surface area contributed by atoms with Gasteiger partial charge >= 0.3 is 0 Å². The van der Waals surface area contributed by atoms with Crippen molar-refractivity contribution in [1.82, 2.24) is 9.80 Å². The smallest absolute Gasteiger partial charge is 0.224 e. The topological polar surface area (TPSA) is 122 Å². The third-order valence-electron chi connectivity index (χ3n) is 5.73. The van der Waals surface area contributed by atoms with E-state index in [9.17, 15) is 13.2 Å². The Kier molecular flexibility index (Phi) is 6.29. The standard InChI is InChI=1S/C23H27N5O3S/c24-23(25)26-8-7-22(29)28-11-9-27(10-12-28)16-32(30,31)21-6-5-19-13-17-3-1-2-4-18(17)14-20(19)15-21/h1-6,13-15H,7-12,16H2,(H4,24,25,26). The Balaban J connectivity index is 1.41. The second kappa shape index (κ2) is 9.13. The molecular formula is C23H27N5O3S. The van der Waals surface area contributed by atoms with Gasteiger partial charge in [0.2, 0.25) is 5.91 Å². The zero-order valence-corrected chi connectivity index (χ0v) is 18.6. The highest BCUT2D eigenvalue weighted by Gasteiger charge is 2.25. The van der Waals surface area contributed by atoms with E-state index in [1.807, 2.05) is 41.3 Å². The fourth-order valence-electron chi connectivity index (χ4n) is 3.99. The molecule has 1 amide bonds. The van der Waals surface area contributed by atoms with E-state index in [1.54, 1.807) is 17.0 Å². The number of nitrogens with zero attached hydrogens (tertiary/aromatic N) is 3. The van der Waals surface area contributed by atoms with E-state index >= 15 is 0 Å². The van der Waals surface area contributed by atoms with Crippen molar-refractivity contribution in [2.45, 2.75) is 11.3 Å². The van der Waals surface area contributed by atoms with E-state index in [-0.39, 0.29) is 30.7 Å². The Morgan fingerprint density at radius 3 is 2.16 bits per heavy atom. The van der Waals surface area contributed by atoms with Crippen molar-refractivity contribution in [2.75, 3.05) is 38.6 Å². The molecule has 4 N–H and O–H groups in total. The minimum absolute atomic E-state index is 0.0285. The van der Waals surface area contributed by atoms with Crippen molar-refractivity contribution >= 4 is 43.2 Å². The van der Waals surface area contributed by atoms with Crippen molar-refractivity contribution in [3.63, 3.8) is 0 Å². The van der Waals surface area contributed by atoms with Crippen molar-refractivity contribution < 1.29 is 13.2 Å². The van der Waals surface area contributed by atoms with E-state index in [4.69, 9.17) is 11.5 Å². The lowest BCUT2D eigenvalue weighted by Crippen LogP contribution is -2.50. The zero-order chi connectivity index (χ0) is 22.7. The number of nitrogens with two attached hydrogens (primary N) is 2. The first kappa shape index (κ1) is 22.0. The molecule has 1 saturated heterocycles. The molecule has 8 nitrogen and oxygen atoms in total. The summed E-state index contributed by atoms with van der Waals surface area (Å²) in [4.78, 5) is 20.0. The van der Waals surface area contributed by atoms with Gasteiger partial charge in [-0.2, -0.15) is 0 Å². The molecule has 0 aliphatic carbocycles. The molecule has 0 aromatic heterocycles. The number of hydrogen-bond acceptors (Lipinski definition) is 5. The van der Waals surface area contributed by atoms with Crippen LogP contribution in [-0.2, 0) is 14.6 Å². The second-order valence-electron chi connectivity index (χ2n) is 8.01. The van der Waals surface area contributed by atoms with Gasteiger partial charge in [0.05, 0.1) is 11.4 Å². The van der Waals surface area contributed by atoms with Crippen molar-refractivity contribution in [1.29, 1.82) is 0 Å². The molecule has 32 heavy (non-hydrogen) atoms. The second-order valence-corrected chi connectivity index (χ2v) is 9.97. The molecule has 0 radical (unpaired) electrons. The molecule has 0 atom stereocenters. The number of aliphatic imine (C=N–C) groups is 1. The molecule has 0 saturated carbocycles. The summed E-state index contributed by atoms with van der Waals surface area (Å²) in [6, 6.07) is 17.4. The highest BCUT2D eigenvalue weighted by molar-refractivity contribution is 7.91. The van der Waals surface area contributed by atoms with Gasteiger partial charge in [0.1, 0.15) is 5.88 Å². The van der Waals surface area contributed by atoms with E-state index in [0.29, 0.717) is 31.1 Å². The van der Waals surface area contributed by atoms with Crippen molar-refractivity contribution in [2.24, 2.45) is 16.5 Å². The summed E-state index contributed by atoms with van der Waals surface area (Å²) in [6.07, 6.45) is 0.238. The van der Waals surface area contributed by atoms with E-state index in [0.717, 1.165) is 21.5 Å². The minimum Gasteiger partial charge on any atom is -0.370 e. The van der Waals surface area contributed by atoms with Crippen molar-refractivity contribution in [3.05, 3.63) is 54.6 Å². The number of amides is 1. The van der Waals surface area contributed by atoms with Crippen LogP contribution in [-0.4, -0.2) is 68.7 Å². The minimum atomic E-state index is -3.49. The maximum absolute atomic E-state index is 13.1. The lowest BCUT2D eigenvalue weighted by atomic mass is 10.0. The summed E-state index contributed by atoms with van der Waals surface area (Å²) in [5.74, 6) is -0.128. The Labute approximate surface area is 187 Å². The largest absolute Gasteiger partial charge is 0.370 e. The Morgan fingerprint density at radius 2 is 1.50 bits per heavy atom. The van der Waals surface area contributed by atoms with Crippen LogP contribution in [0.5, 0.6) is 0 Å². The van der Waals surface area contributed by atoms with Crippen LogP contribution in [0, 0.1) is 0 Å². The number of benzene rings is 3. The summed E-state index contributed by atoms with van der Waals surface area (Å²) in [5, 5.41) is 4.12. The predicted octanol–water partition coefficient (Wildman–Crippen LogP) is 1.53. The Morgan fingerprint density at radius 1 is 0.875 bits per heavy atom. The maximum Gasteiger partial charge on any atom is 0.224 e. The van der Waals surface area contributed by atoms with Gasteiger partial charge in [-0.05, 0) is 45.8 Å². The normalized spacial score (nSPS) is 15.2. The van der Waals surface area contributed by atoms with E-state index < -0.39 is 9.84 Å². The summed E-state index contributed by atoms with van der Waals surface area (Å²) in [6.45, 7) is 2.24. The summed E-state index contributed by atoms with van der Waals surface area (Å²) in [5.41, 5.74) is 10.6. The van der Waals surface area contributed by atoms with Crippen LogP contribution in [0.25, 0.3) is 21.5 Å². The van der Waals surface area contributed by atoms with E-state index in [2.05, 4.69) is 11.1 Å². The van der Waals surface area contributed by atoms with Gasteiger partial charge in [-0.3, -0.25) is 14.7 Å². The van der Waals surface area contributed by atoms with E-state index in [1.165, 1.54) is 0 Å². The number of guanidine groups is 1. The van der Waals surface area contributed by atoms with Crippen molar-refractivity contribution in [3.8, 4) is 0 Å². The molecule has 1 aliphatic rings. The SMILES string of the molecule is NC(N)=NCCC(=O)N1CCN(CS(=O)(=O)c2ccc3cc4ccccc4cc3c2)CC1. The molecule has 0 unspecified atom stereocenters. The molecule has 1 aliphatic heterocycles. The average Bonchev–Trinajstić information content (AvgIpc) is 2.77. The maximum atomic E-state index is 13.1. The number of carbonyl (C=O) groups excluding carboxylic acids is 1. The van der Waals surface area contributed by atoms with Gasteiger partial charge in [-0.25, -0.2) is 8.42 Å². The summed E-state index contributed by atoms with van der Waals surface area (Å²) < 4.78 is 26.1. The van der Waals surface area contributed by atoms with Gasteiger partial charge in [0.25, 0.3) is 0 Å². The molecule has 1 heterocycles. The van der Waals surface area contributed by atoms with Crippen LogP contribution >= 0.6 is 0 Å². The van der Waals surface area contributed by atoms with Crippen LogP contribution < -0.4 is 11.5 Å². The molecule has 9 heteroatoms. The van der Waals surface area contributed by atoms with Gasteiger partial charge in [-0.1, -0.05) is 30.3 Å². The third-order valence-corrected chi connectivity index (χ3v) is 7.41. The first-order valence-electron chi connectivity index (χ1n) is 10.5. The molecule has 0 bridgehead atoms. The molecule has 0 spiro atoms. The zero-order valence-electron chi connectivity index (χ0n) is 17.8. The number of carbonyl (C=O) groups is 1. The number of rotatable bonds is 6. The number of sulfone groups is 1. The molecule has 3 aromatic rings. The number of fused-ring (bicyclic) bond motifs is 2. The molecule has 1 fully saturated rings. The third kappa shape index (κ3) is 5.00. The fraction of sp³-hybridized carbons (Fsp3) is 0.304. The lowest BCUT2D eigenvalue weighted by molar-refractivity contribution is -0.132. The highest BCUT2D eigenvalue weighted by Crippen LogP contribution is 2.26. The molecule has 3 aromatic carbocycles. The number of hydrogen-bond donors (Lipinski definition) is 2. The fourth-order valence-corrected chi connectivity index (χ4v) is 5.46. The van der Waals surface area contributed by atoms with Crippen LogP contribution in [0.15, 0.2) is 64.5 Å². The van der Waals surface area contributed by atoms with Crippen LogP contribution in [0.3, 0.4) is 0 Å².